The summed E-state index contributed by atoms with van der Waals surface area (Å²) in [7, 11) is 0. The van der Waals surface area contributed by atoms with E-state index >= 15 is 0 Å². The van der Waals surface area contributed by atoms with Gasteiger partial charge in [-0.15, -0.1) is 16.4 Å². The Labute approximate surface area is 283 Å². The molecule has 2 aliphatic heterocycles. The molecule has 1 saturated carbocycles. The van der Waals surface area contributed by atoms with Gasteiger partial charge in [0, 0.05) is 47.7 Å². The van der Waals surface area contributed by atoms with Gasteiger partial charge in [-0.1, -0.05) is 17.7 Å². The minimum atomic E-state index is -0.187. The highest BCUT2D eigenvalue weighted by Gasteiger charge is 2.42. The molecule has 14 heteroatoms. The van der Waals surface area contributed by atoms with Crippen LogP contribution >= 0.6 is 22.9 Å². The molecular weight excluding hydrogens is 638 g/mol. The molecule has 0 spiro atoms. The standard InChI is InChI=1S/C33H40ClN9O3S/c1-21(13-36-20-35)46-30-12-22(2-9-28(30)34)23-14-38-33(39-15-23)40-29-16-42(41-32(29)45-19-31-37-10-11-47-31)24-3-5-25(6-4-24)43-26-7-8-27(43)18-44-17-26/h2,9-12,14-16,20-21,24-27H,3-8,13,17-19H2,1H3,(H2,35,36)(H,38,39,40)/t21-,24?,25?,26-,27+/m0/s1. The first-order valence-electron chi connectivity index (χ1n) is 16.2. The van der Waals surface area contributed by atoms with E-state index in [9.17, 15) is 0 Å². The number of aromatic nitrogens is 5. The van der Waals surface area contributed by atoms with Crippen LogP contribution in [-0.2, 0) is 11.3 Å². The summed E-state index contributed by atoms with van der Waals surface area (Å²) in [6.45, 7) is 4.45. The van der Waals surface area contributed by atoms with Crippen molar-refractivity contribution < 1.29 is 14.2 Å². The SMILES string of the molecule is C[C@@H](CN=CN)Oc1cc(-c2cnc(Nc3cn(C4CCC(N5[C@@H]6CC[C@H]5COC6)CC4)nc3OCc3nccs3)nc2)ccc1Cl. The summed E-state index contributed by atoms with van der Waals surface area (Å²) in [4.78, 5) is 20.4. The van der Waals surface area contributed by atoms with Crippen molar-refractivity contribution in [2.75, 3.05) is 25.1 Å². The number of nitrogens with zero attached hydrogens (tertiary/aromatic N) is 7. The fraction of sp³-hybridized carbons (Fsp3) is 0.485. The van der Waals surface area contributed by atoms with E-state index in [1.54, 1.807) is 36.0 Å². The predicted molar refractivity (Wildman–Crippen MR) is 183 cm³/mol. The van der Waals surface area contributed by atoms with Crippen molar-refractivity contribution in [2.24, 2.45) is 10.7 Å². The van der Waals surface area contributed by atoms with Crippen LogP contribution in [0.4, 0.5) is 11.6 Å². The summed E-state index contributed by atoms with van der Waals surface area (Å²) in [5.41, 5.74) is 7.79. The quantitative estimate of drug-likeness (QED) is 0.138. The van der Waals surface area contributed by atoms with E-state index in [4.69, 9.17) is 36.6 Å². The highest BCUT2D eigenvalue weighted by molar-refractivity contribution is 7.09. The Bertz CT molecular complexity index is 1630. The van der Waals surface area contributed by atoms with Crippen molar-refractivity contribution in [1.82, 2.24) is 29.6 Å². The maximum atomic E-state index is 6.41. The predicted octanol–water partition coefficient (Wildman–Crippen LogP) is 5.87. The van der Waals surface area contributed by atoms with Crippen LogP contribution in [-0.4, -0.2) is 80.0 Å². The lowest BCUT2D eigenvalue weighted by molar-refractivity contribution is -0.0458. The molecule has 1 aliphatic carbocycles. The smallest absolute Gasteiger partial charge is 0.257 e. The van der Waals surface area contributed by atoms with Crippen molar-refractivity contribution in [3.8, 4) is 22.8 Å². The van der Waals surface area contributed by atoms with E-state index in [1.165, 1.54) is 19.2 Å². The third-order valence-corrected chi connectivity index (χ3v) is 10.3. The minimum absolute atomic E-state index is 0.187. The maximum Gasteiger partial charge on any atom is 0.257 e. The number of fused-ring (bicyclic) bond motifs is 2. The first kappa shape index (κ1) is 31.8. The van der Waals surface area contributed by atoms with Crippen molar-refractivity contribution >= 4 is 40.9 Å². The topological polar surface area (TPSA) is 138 Å². The first-order chi connectivity index (χ1) is 23.0. The molecule has 7 rings (SSSR count). The van der Waals surface area contributed by atoms with Crippen LogP contribution in [0.2, 0.25) is 5.02 Å². The first-order valence-corrected chi connectivity index (χ1v) is 17.5. The third-order valence-electron chi connectivity index (χ3n) is 9.23. The minimum Gasteiger partial charge on any atom is -0.487 e. The average Bonchev–Trinajstić information content (AvgIpc) is 3.82. The van der Waals surface area contributed by atoms with Gasteiger partial charge in [-0.3, -0.25) is 14.6 Å². The van der Waals surface area contributed by atoms with Crippen LogP contribution in [0.3, 0.4) is 0 Å². The van der Waals surface area contributed by atoms with Gasteiger partial charge in [0.15, 0.2) is 0 Å². The number of nitrogens with two attached hydrogens (primary N) is 1. The van der Waals surface area contributed by atoms with Crippen molar-refractivity contribution in [3.63, 3.8) is 0 Å². The number of hydrogen-bond donors (Lipinski definition) is 2. The zero-order valence-electron chi connectivity index (χ0n) is 26.4. The van der Waals surface area contributed by atoms with E-state index in [-0.39, 0.29) is 6.10 Å². The molecule has 12 nitrogen and oxygen atoms in total. The zero-order valence-corrected chi connectivity index (χ0v) is 27.9. The van der Waals surface area contributed by atoms with Gasteiger partial charge in [0.25, 0.3) is 5.88 Å². The Balaban J connectivity index is 1.04. The second-order valence-corrected chi connectivity index (χ2v) is 13.8. The fourth-order valence-corrected chi connectivity index (χ4v) is 7.67. The molecule has 3 aliphatic rings. The fourth-order valence-electron chi connectivity index (χ4n) is 6.98. The number of anilines is 2. The number of nitrogens with one attached hydrogen (secondary N) is 1. The molecule has 2 bridgehead atoms. The van der Waals surface area contributed by atoms with Crippen molar-refractivity contribution in [2.45, 2.75) is 82.3 Å². The Morgan fingerprint density at radius 1 is 1.06 bits per heavy atom. The number of ether oxygens (including phenoxy) is 3. The Morgan fingerprint density at radius 2 is 1.81 bits per heavy atom. The monoisotopic (exact) mass is 677 g/mol. The molecule has 47 heavy (non-hydrogen) atoms. The molecule has 248 valence electrons. The Morgan fingerprint density at radius 3 is 2.53 bits per heavy atom. The highest BCUT2D eigenvalue weighted by atomic mass is 35.5. The van der Waals surface area contributed by atoms with Gasteiger partial charge >= 0.3 is 0 Å². The molecule has 2 saturated heterocycles. The molecule has 0 unspecified atom stereocenters. The number of benzene rings is 1. The van der Waals surface area contributed by atoms with Crippen LogP contribution in [0.1, 0.15) is 56.5 Å². The summed E-state index contributed by atoms with van der Waals surface area (Å²) in [6, 6.07) is 7.71. The van der Waals surface area contributed by atoms with Gasteiger partial charge in [0.2, 0.25) is 5.95 Å². The number of halogens is 1. The molecule has 3 N–H and O–H groups in total. The largest absolute Gasteiger partial charge is 0.487 e. The molecule has 3 fully saturated rings. The number of rotatable bonds is 12. The summed E-state index contributed by atoms with van der Waals surface area (Å²) >= 11 is 7.96. The average molecular weight is 678 g/mol. The van der Waals surface area contributed by atoms with Gasteiger partial charge in [-0.2, -0.15) is 0 Å². The van der Waals surface area contributed by atoms with Crippen LogP contribution in [0.5, 0.6) is 11.6 Å². The lowest BCUT2D eigenvalue weighted by Gasteiger charge is -2.43. The highest BCUT2D eigenvalue weighted by Crippen LogP contribution is 2.40. The number of aliphatic imine (C=N–C) groups is 1. The third kappa shape index (κ3) is 7.38. The number of morpholine rings is 1. The Hall–Kier alpha value is -3.78. The molecule has 1 aromatic carbocycles. The van der Waals surface area contributed by atoms with E-state index in [0.29, 0.717) is 59.9 Å². The van der Waals surface area contributed by atoms with Gasteiger partial charge in [0.1, 0.15) is 29.2 Å². The van der Waals surface area contributed by atoms with E-state index in [0.717, 1.165) is 60.7 Å². The summed E-state index contributed by atoms with van der Waals surface area (Å²) in [5.74, 6) is 1.51. The number of hydrogen-bond acceptors (Lipinski definition) is 11. The Kier molecular flexibility index (Phi) is 9.84. The second kappa shape index (κ2) is 14.5. The summed E-state index contributed by atoms with van der Waals surface area (Å²) in [6.07, 6.45) is 15.4. The van der Waals surface area contributed by atoms with E-state index < -0.39 is 0 Å². The summed E-state index contributed by atoms with van der Waals surface area (Å²) < 4.78 is 20.1. The van der Waals surface area contributed by atoms with Crippen molar-refractivity contribution in [1.29, 1.82) is 0 Å². The maximum absolute atomic E-state index is 6.41. The van der Waals surface area contributed by atoms with Crippen LogP contribution in [0, 0.1) is 0 Å². The van der Waals surface area contributed by atoms with Gasteiger partial charge in [-0.25, -0.2) is 15.0 Å². The number of thiazole rings is 1. The molecule has 0 amide bonds. The van der Waals surface area contributed by atoms with E-state index in [2.05, 4.69) is 34.8 Å². The lowest BCUT2D eigenvalue weighted by Crippen LogP contribution is -2.52. The van der Waals surface area contributed by atoms with E-state index in [1.807, 2.05) is 30.6 Å². The molecule has 4 aromatic rings. The summed E-state index contributed by atoms with van der Waals surface area (Å²) in [5, 5.41) is 11.6. The van der Waals surface area contributed by atoms with Gasteiger partial charge < -0.3 is 25.3 Å². The molecular formula is C33H40ClN9O3S. The second-order valence-electron chi connectivity index (χ2n) is 12.4. The van der Waals surface area contributed by atoms with Crippen LogP contribution < -0.4 is 20.5 Å². The lowest BCUT2D eigenvalue weighted by atomic mass is 9.89. The van der Waals surface area contributed by atoms with Crippen LogP contribution in [0.15, 0.2) is 53.4 Å². The molecule has 3 atom stereocenters. The molecule has 0 radical (unpaired) electrons. The molecule has 3 aromatic heterocycles. The molecule has 5 heterocycles. The van der Waals surface area contributed by atoms with Gasteiger partial charge in [0.05, 0.1) is 43.4 Å². The normalized spacial score (nSPS) is 23.6. The van der Waals surface area contributed by atoms with Crippen molar-refractivity contribution in [3.05, 3.63) is 58.4 Å². The zero-order chi connectivity index (χ0) is 32.2. The van der Waals surface area contributed by atoms with Crippen LogP contribution in [0.25, 0.3) is 11.1 Å². The van der Waals surface area contributed by atoms with Gasteiger partial charge in [-0.05, 0) is 63.1 Å².